The molecule has 0 aromatic carbocycles. The highest BCUT2D eigenvalue weighted by molar-refractivity contribution is 7.92. The van der Waals surface area contributed by atoms with Crippen LogP contribution in [0.5, 0.6) is 0 Å². The molecule has 0 amide bonds. The van der Waals surface area contributed by atoms with Crippen LogP contribution in [0.1, 0.15) is 64.3 Å². The van der Waals surface area contributed by atoms with Crippen molar-refractivity contribution >= 4 is 15.7 Å². The van der Waals surface area contributed by atoms with E-state index >= 15 is 0 Å². The molecule has 144 valence electrons. The Labute approximate surface area is 155 Å². The number of aromatic nitrogens is 4. The Morgan fingerprint density at radius 1 is 1.31 bits per heavy atom. The Morgan fingerprint density at radius 2 is 2.04 bits per heavy atom. The van der Waals surface area contributed by atoms with E-state index in [0.717, 1.165) is 37.9 Å². The standard InChI is InChI=1S/C18H29N5O2S/c1-5-16-15(11-19-23(16)10-9-13(3)4)21-26(24,25)17-12-22(6-2)20-18(17)14-7-8-14/h11-14,21H,5-10H2,1-4H3. The number of hydrogen-bond acceptors (Lipinski definition) is 4. The lowest BCUT2D eigenvalue weighted by atomic mass is 10.1. The fourth-order valence-electron chi connectivity index (χ4n) is 3.07. The van der Waals surface area contributed by atoms with Crippen molar-refractivity contribution in [2.45, 2.75) is 77.3 Å². The van der Waals surface area contributed by atoms with Crippen molar-refractivity contribution in [3.05, 3.63) is 23.8 Å². The minimum atomic E-state index is -3.68. The van der Waals surface area contributed by atoms with Crippen LogP contribution < -0.4 is 4.72 Å². The fourth-order valence-corrected chi connectivity index (χ4v) is 4.38. The normalized spacial score (nSPS) is 15.0. The lowest BCUT2D eigenvalue weighted by Crippen LogP contribution is -2.15. The van der Waals surface area contributed by atoms with Crippen LogP contribution >= 0.6 is 0 Å². The van der Waals surface area contributed by atoms with E-state index < -0.39 is 10.0 Å². The second kappa shape index (κ2) is 7.42. The molecular weight excluding hydrogens is 350 g/mol. The molecule has 1 fully saturated rings. The molecule has 7 nitrogen and oxygen atoms in total. The summed E-state index contributed by atoms with van der Waals surface area (Å²) in [5.41, 5.74) is 2.19. The molecule has 1 N–H and O–H groups in total. The van der Waals surface area contributed by atoms with Crippen molar-refractivity contribution in [3.63, 3.8) is 0 Å². The van der Waals surface area contributed by atoms with Gasteiger partial charge in [0.1, 0.15) is 4.90 Å². The Balaban J connectivity index is 1.87. The molecule has 0 spiro atoms. The lowest BCUT2D eigenvalue weighted by Gasteiger charge is -2.11. The monoisotopic (exact) mass is 379 g/mol. The topological polar surface area (TPSA) is 81.8 Å². The van der Waals surface area contributed by atoms with Gasteiger partial charge in [0.15, 0.2) is 0 Å². The number of anilines is 1. The second-order valence-corrected chi connectivity index (χ2v) is 9.03. The van der Waals surface area contributed by atoms with Crippen LogP contribution in [0.3, 0.4) is 0 Å². The first-order chi connectivity index (χ1) is 12.4. The second-order valence-electron chi connectivity index (χ2n) is 7.38. The molecule has 0 atom stereocenters. The van der Waals surface area contributed by atoms with Gasteiger partial charge in [-0.3, -0.25) is 14.1 Å². The largest absolute Gasteiger partial charge is 0.276 e. The fraction of sp³-hybridized carbons (Fsp3) is 0.667. The van der Waals surface area contributed by atoms with Crippen LogP contribution in [-0.4, -0.2) is 28.0 Å². The van der Waals surface area contributed by atoms with Gasteiger partial charge in [-0.25, -0.2) is 8.42 Å². The Bertz CT molecular complexity index is 862. The van der Waals surface area contributed by atoms with E-state index in [-0.39, 0.29) is 5.92 Å². The van der Waals surface area contributed by atoms with Crippen molar-refractivity contribution in [3.8, 4) is 0 Å². The molecular formula is C18H29N5O2S. The van der Waals surface area contributed by atoms with Crippen LogP contribution in [0.4, 0.5) is 5.69 Å². The molecule has 2 heterocycles. The molecule has 0 bridgehead atoms. The summed E-state index contributed by atoms with van der Waals surface area (Å²) in [6.07, 6.45) is 7.02. The summed E-state index contributed by atoms with van der Waals surface area (Å²) in [6.45, 7) is 9.77. The van der Waals surface area contributed by atoms with Gasteiger partial charge in [-0.1, -0.05) is 20.8 Å². The number of nitrogens with one attached hydrogen (secondary N) is 1. The molecule has 26 heavy (non-hydrogen) atoms. The van der Waals surface area contributed by atoms with E-state index in [4.69, 9.17) is 0 Å². The summed E-state index contributed by atoms with van der Waals surface area (Å²) in [5.74, 6) is 0.846. The zero-order valence-corrected chi connectivity index (χ0v) is 16.9. The van der Waals surface area contributed by atoms with Crippen LogP contribution in [0, 0.1) is 5.92 Å². The number of aryl methyl sites for hydroxylation is 2. The summed E-state index contributed by atoms with van der Waals surface area (Å²) in [5, 5.41) is 8.87. The number of nitrogens with zero attached hydrogens (tertiary/aromatic N) is 4. The van der Waals surface area contributed by atoms with E-state index in [2.05, 4.69) is 28.8 Å². The van der Waals surface area contributed by atoms with Crippen LogP contribution in [0.2, 0.25) is 0 Å². The van der Waals surface area contributed by atoms with E-state index in [9.17, 15) is 8.42 Å². The van der Waals surface area contributed by atoms with Gasteiger partial charge in [-0.15, -0.1) is 0 Å². The minimum absolute atomic E-state index is 0.272. The predicted molar refractivity (Wildman–Crippen MR) is 102 cm³/mol. The van der Waals surface area contributed by atoms with Crippen LogP contribution in [0.15, 0.2) is 17.3 Å². The number of rotatable bonds is 9. The van der Waals surface area contributed by atoms with Gasteiger partial charge in [0, 0.05) is 25.2 Å². The Kier molecular flexibility index (Phi) is 5.41. The molecule has 2 aromatic heterocycles. The van der Waals surface area contributed by atoms with Crippen molar-refractivity contribution in [1.82, 2.24) is 19.6 Å². The Morgan fingerprint density at radius 3 is 2.62 bits per heavy atom. The molecule has 0 aliphatic heterocycles. The number of sulfonamides is 1. The molecule has 1 aliphatic carbocycles. The van der Waals surface area contributed by atoms with Gasteiger partial charge < -0.3 is 0 Å². The van der Waals surface area contributed by atoms with Gasteiger partial charge in [0.25, 0.3) is 10.0 Å². The van der Waals surface area contributed by atoms with Gasteiger partial charge in [0.05, 0.1) is 23.3 Å². The summed E-state index contributed by atoms with van der Waals surface area (Å²) in [4.78, 5) is 0.304. The highest BCUT2D eigenvalue weighted by Crippen LogP contribution is 2.42. The van der Waals surface area contributed by atoms with Gasteiger partial charge >= 0.3 is 0 Å². The molecule has 0 unspecified atom stereocenters. The molecule has 2 aromatic rings. The van der Waals surface area contributed by atoms with E-state index in [0.29, 0.717) is 28.7 Å². The zero-order valence-electron chi connectivity index (χ0n) is 16.1. The molecule has 3 rings (SSSR count). The first-order valence-corrected chi connectivity index (χ1v) is 11.0. The van der Waals surface area contributed by atoms with Gasteiger partial charge in [-0.05, 0) is 38.5 Å². The third-order valence-corrected chi connectivity index (χ3v) is 6.16. The average molecular weight is 380 g/mol. The van der Waals surface area contributed by atoms with E-state index in [1.54, 1.807) is 17.1 Å². The van der Waals surface area contributed by atoms with Crippen molar-refractivity contribution < 1.29 is 8.42 Å². The predicted octanol–water partition coefficient (Wildman–Crippen LogP) is 3.39. The lowest BCUT2D eigenvalue weighted by molar-refractivity contribution is 0.477. The third-order valence-electron chi connectivity index (χ3n) is 4.78. The first-order valence-electron chi connectivity index (χ1n) is 9.50. The zero-order chi connectivity index (χ0) is 18.9. The Hall–Kier alpha value is -1.83. The van der Waals surface area contributed by atoms with Gasteiger partial charge in [0.2, 0.25) is 0 Å². The summed E-state index contributed by atoms with van der Waals surface area (Å²) in [7, 11) is -3.68. The summed E-state index contributed by atoms with van der Waals surface area (Å²) < 4.78 is 32.4. The van der Waals surface area contributed by atoms with Gasteiger partial charge in [-0.2, -0.15) is 10.2 Å². The summed E-state index contributed by atoms with van der Waals surface area (Å²) >= 11 is 0. The van der Waals surface area contributed by atoms with Crippen molar-refractivity contribution in [1.29, 1.82) is 0 Å². The smallest absolute Gasteiger partial charge is 0.265 e. The summed E-state index contributed by atoms with van der Waals surface area (Å²) in [6, 6.07) is 0. The van der Waals surface area contributed by atoms with Crippen molar-refractivity contribution in [2.75, 3.05) is 4.72 Å². The first kappa shape index (κ1) is 18.9. The third kappa shape index (κ3) is 3.95. The number of hydrogen-bond donors (Lipinski definition) is 1. The molecule has 0 radical (unpaired) electrons. The van der Waals surface area contributed by atoms with E-state index in [1.165, 1.54) is 0 Å². The highest BCUT2D eigenvalue weighted by atomic mass is 32.2. The molecule has 1 aliphatic rings. The SMILES string of the molecule is CCc1c(NS(=O)(=O)c2cn(CC)nc2C2CC2)cnn1CCC(C)C. The average Bonchev–Trinajstić information content (AvgIpc) is 3.22. The van der Waals surface area contributed by atoms with Crippen molar-refractivity contribution in [2.24, 2.45) is 5.92 Å². The van der Waals surface area contributed by atoms with Crippen LogP contribution in [0.25, 0.3) is 0 Å². The minimum Gasteiger partial charge on any atom is -0.276 e. The maximum atomic E-state index is 13.0. The quantitative estimate of drug-likeness (QED) is 0.724. The maximum Gasteiger partial charge on any atom is 0.265 e. The maximum absolute atomic E-state index is 13.0. The highest BCUT2D eigenvalue weighted by Gasteiger charge is 2.34. The molecule has 8 heteroatoms. The molecule has 0 saturated heterocycles. The molecule has 1 saturated carbocycles. The van der Waals surface area contributed by atoms with E-state index in [1.807, 2.05) is 18.5 Å². The van der Waals surface area contributed by atoms with Crippen LogP contribution in [-0.2, 0) is 29.5 Å².